The predicted octanol–water partition coefficient (Wildman–Crippen LogP) is 1.74. The second-order valence-electron chi connectivity index (χ2n) is 3.53. The van der Waals surface area contributed by atoms with Crippen LogP contribution in [0.3, 0.4) is 0 Å². The lowest BCUT2D eigenvalue weighted by molar-refractivity contribution is -0.137. The van der Waals surface area contributed by atoms with Crippen LogP contribution in [0.25, 0.3) is 0 Å². The molecule has 0 aliphatic heterocycles. The highest BCUT2D eigenvalue weighted by atomic mass is 19.4. The number of primary amides is 1. The largest absolute Gasteiger partial charge is 0.449 e. The van der Waals surface area contributed by atoms with Crippen LogP contribution in [0, 0.1) is 0 Å². The zero-order valence-electron chi connectivity index (χ0n) is 9.32. The van der Waals surface area contributed by atoms with Gasteiger partial charge in [0.1, 0.15) is 0 Å². The van der Waals surface area contributed by atoms with Crippen molar-refractivity contribution >= 4 is 11.9 Å². The third-order valence-electron chi connectivity index (χ3n) is 2.13. The molecule has 4 nitrogen and oxygen atoms in total. The fourth-order valence-electron chi connectivity index (χ4n) is 1.08. The Bertz CT molecular complexity index is 454. The molecule has 0 bridgehead atoms. The zero-order chi connectivity index (χ0) is 13.9. The van der Waals surface area contributed by atoms with Crippen molar-refractivity contribution in [2.75, 3.05) is 0 Å². The molecule has 0 aromatic heterocycles. The Morgan fingerprint density at radius 3 is 2.11 bits per heavy atom. The second kappa shape index (κ2) is 5.07. The SMILES string of the molecule is CC(OC(=O)c1ccc(C(F)(F)F)cc1)C(N)=O. The number of nitrogens with two attached hydrogens (primary N) is 1. The Hall–Kier alpha value is -2.05. The normalized spacial score (nSPS) is 12.9. The number of halogens is 3. The number of esters is 1. The van der Waals surface area contributed by atoms with Crippen LogP contribution < -0.4 is 5.73 Å². The van der Waals surface area contributed by atoms with Gasteiger partial charge >= 0.3 is 12.1 Å². The topological polar surface area (TPSA) is 69.4 Å². The van der Waals surface area contributed by atoms with Crippen molar-refractivity contribution in [2.45, 2.75) is 19.2 Å². The van der Waals surface area contributed by atoms with Gasteiger partial charge in [-0.15, -0.1) is 0 Å². The Balaban J connectivity index is 2.80. The van der Waals surface area contributed by atoms with E-state index in [0.717, 1.165) is 24.3 Å². The molecule has 1 amide bonds. The molecule has 1 aromatic rings. The van der Waals surface area contributed by atoms with E-state index in [9.17, 15) is 22.8 Å². The molecule has 0 fully saturated rings. The van der Waals surface area contributed by atoms with Gasteiger partial charge in [0.25, 0.3) is 5.91 Å². The third-order valence-corrected chi connectivity index (χ3v) is 2.13. The summed E-state index contributed by atoms with van der Waals surface area (Å²) in [5, 5.41) is 0. The first-order valence-corrected chi connectivity index (χ1v) is 4.89. The summed E-state index contributed by atoms with van der Waals surface area (Å²) < 4.78 is 41.4. The van der Waals surface area contributed by atoms with Crippen LogP contribution in [-0.2, 0) is 15.7 Å². The van der Waals surface area contributed by atoms with Crippen molar-refractivity contribution in [3.05, 3.63) is 35.4 Å². The standard InChI is InChI=1S/C11H10F3NO3/c1-6(9(15)16)18-10(17)7-2-4-8(5-3-7)11(12,13)14/h2-6H,1H3,(H2,15,16). The van der Waals surface area contributed by atoms with Crippen molar-refractivity contribution in [1.82, 2.24) is 0 Å². The molecule has 0 radical (unpaired) electrons. The molecule has 7 heteroatoms. The lowest BCUT2D eigenvalue weighted by atomic mass is 10.1. The van der Waals surface area contributed by atoms with Crippen LogP contribution in [0.1, 0.15) is 22.8 Å². The average Bonchev–Trinajstić information content (AvgIpc) is 2.27. The fourth-order valence-corrected chi connectivity index (χ4v) is 1.08. The maximum absolute atomic E-state index is 12.3. The molecule has 1 unspecified atom stereocenters. The summed E-state index contributed by atoms with van der Waals surface area (Å²) in [6, 6.07) is 3.45. The van der Waals surface area contributed by atoms with E-state index in [1.165, 1.54) is 6.92 Å². The highest BCUT2D eigenvalue weighted by molar-refractivity contribution is 5.91. The van der Waals surface area contributed by atoms with Crippen LogP contribution >= 0.6 is 0 Å². The van der Waals surface area contributed by atoms with Crippen molar-refractivity contribution in [3.63, 3.8) is 0 Å². The van der Waals surface area contributed by atoms with Gasteiger partial charge in [0.15, 0.2) is 6.10 Å². The Morgan fingerprint density at radius 1 is 1.22 bits per heavy atom. The molecule has 1 rings (SSSR count). The minimum atomic E-state index is -4.47. The van der Waals surface area contributed by atoms with Gasteiger partial charge < -0.3 is 10.5 Å². The number of hydrogen-bond donors (Lipinski definition) is 1. The van der Waals surface area contributed by atoms with Gasteiger partial charge in [-0.25, -0.2) is 4.79 Å². The highest BCUT2D eigenvalue weighted by Crippen LogP contribution is 2.29. The number of hydrogen-bond acceptors (Lipinski definition) is 3. The number of carbonyl (C=O) groups excluding carboxylic acids is 2. The van der Waals surface area contributed by atoms with Crippen LogP contribution in [-0.4, -0.2) is 18.0 Å². The van der Waals surface area contributed by atoms with Gasteiger partial charge in [-0.1, -0.05) is 0 Å². The van der Waals surface area contributed by atoms with E-state index in [2.05, 4.69) is 4.74 Å². The summed E-state index contributed by atoms with van der Waals surface area (Å²) in [5.74, 6) is -1.75. The van der Waals surface area contributed by atoms with Gasteiger partial charge in [-0.05, 0) is 31.2 Å². The molecular formula is C11H10F3NO3. The van der Waals surface area contributed by atoms with Gasteiger partial charge in [0.2, 0.25) is 0 Å². The summed E-state index contributed by atoms with van der Waals surface area (Å²) in [6.07, 6.45) is -5.61. The number of amides is 1. The Labute approximate surface area is 101 Å². The average molecular weight is 261 g/mol. The maximum Gasteiger partial charge on any atom is 0.416 e. The minimum absolute atomic E-state index is 0.0869. The quantitative estimate of drug-likeness (QED) is 0.842. The second-order valence-corrected chi connectivity index (χ2v) is 3.53. The Morgan fingerprint density at radius 2 is 1.72 bits per heavy atom. The molecule has 1 aromatic carbocycles. The number of rotatable bonds is 3. The van der Waals surface area contributed by atoms with E-state index in [-0.39, 0.29) is 5.56 Å². The molecule has 2 N–H and O–H groups in total. The van der Waals surface area contributed by atoms with Gasteiger partial charge in [-0.3, -0.25) is 4.79 Å². The van der Waals surface area contributed by atoms with Gasteiger partial charge in [-0.2, -0.15) is 13.2 Å². The molecule has 0 spiro atoms. The van der Waals surface area contributed by atoms with Crippen LogP contribution in [0.5, 0.6) is 0 Å². The van der Waals surface area contributed by atoms with Crippen LogP contribution in [0.4, 0.5) is 13.2 Å². The summed E-state index contributed by atoms with van der Waals surface area (Å²) in [5.41, 5.74) is 3.92. The van der Waals surface area contributed by atoms with Crippen molar-refractivity contribution in [2.24, 2.45) is 5.73 Å². The summed E-state index contributed by atoms with van der Waals surface area (Å²) in [4.78, 5) is 22.1. The van der Waals surface area contributed by atoms with Gasteiger partial charge in [0.05, 0.1) is 11.1 Å². The summed E-state index contributed by atoms with van der Waals surface area (Å²) >= 11 is 0. The zero-order valence-corrected chi connectivity index (χ0v) is 9.32. The monoisotopic (exact) mass is 261 g/mol. The predicted molar refractivity (Wildman–Crippen MR) is 55.5 cm³/mol. The van der Waals surface area contributed by atoms with Crippen molar-refractivity contribution in [1.29, 1.82) is 0 Å². The van der Waals surface area contributed by atoms with E-state index in [1.54, 1.807) is 0 Å². The molecule has 1 atom stereocenters. The van der Waals surface area contributed by atoms with E-state index < -0.39 is 29.7 Å². The van der Waals surface area contributed by atoms with E-state index in [4.69, 9.17) is 5.73 Å². The van der Waals surface area contributed by atoms with Gasteiger partial charge in [0, 0.05) is 0 Å². The number of alkyl halides is 3. The first kappa shape index (κ1) is 14.0. The van der Waals surface area contributed by atoms with E-state index in [0.29, 0.717) is 0 Å². The molecule has 0 heterocycles. The number of carbonyl (C=O) groups is 2. The van der Waals surface area contributed by atoms with E-state index >= 15 is 0 Å². The lowest BCUT2D eigenvalue weighted by Crippen LogP contribution is -2.30. The number of ether oxygens (including phenoxy) is 1. The minimum Gasteiger partial charge on any atom is -0.449 e. The van der Waals surface area contributed by atoms with Crippen molar-refractivity contribution in [3.8, 4) is 0 Å². The highest BCUT2D eigenvalue weighted by Gasteiger charge is 2.30. The molecule has 98 valence electrons. The first-order valence-electron chi connectivity index (χ1n) is 4.89. The maximum atomic E-state index is 12.3. The fraction of sp³-hybridized carbons (Fsp3) is 0.273. The van der Waals surface area contributed by atoms with Crippen molar-refractivity contribution < 1.29 is 27.5 Å². The molecular weight excluding hydrogens is 251 g/mol. The molecule has 0 saturated carbocycles. The molecule has 0 aliphatic rings. The van der Waals surface area contributed by atoms with Crippen LogP contribution in [0.2, 0.25) is 0 Å². The number of benzene rings is 1. The van der Waals surface area contributed by atoms with E-state index in [1.807, 2.05) is 0 Å². The third kappa shape index (κ3) is 3.47. The summed E-state index contributed by atoms with van der Waals surface area (Å²) in [6.45, 7) is 1.27. The molecule has 18 heavy (non-hydrogen) atoms. The Kier molecular flexibility index (Phi) is 3.95. The lowest BCUT2D eigenvalue weighted by Gasteiger charge is -2.10. The molecule has 0 saturated heterocycles. The smallest absolute Gasteiger partial charge is 0.416 e. The summed E-state index contributed by atoms with van der Waals surface area (Å²) in [7, 11) is 0. The van der Waals surface area contributed by atoms with Crippen LogP contribution in [0.15, 0.2) is 24.3 Å². The molecule has 0 aliphatic carbocycles. The first-order chi connectivity index (χ1) is 8.21.